The first-order valence-corrected chi connectivity index (χ1v) is 7.91. The highest BCUT2D eigenvalue weighted by Gasteiger charge is 2.38. The van der Waals surface area contributed by atoms with Gasteiger partial charge in [0.2, 0.25) is 0 Å². The fourth-order valence-corrected chi connectivity index (χ4v) is 3.80. The van der Waals surface area contributed by atoms with E-state index in [0.717, 1.165) is 17.7 Å². The molecule has 0 amide bonds. The van der Waals surface area contributed by atoms with Gasteiger partial charge in [-0.3, -0.25) is 10.1 Å². The smallest absolute Gasteiger partial charge is 0.269 e. The summed E-state index contributed by atoms with van der Waals surface area (Å²) in [6.07, 6.45) is 5.40. The molecule has 0 fully saturated rings. The molecule has 3 atom stereocenters. The van der Waals surface area contributed by atoms with Crippen molar-refractivity contribution >= 4 is 11.4 Å². The Bertz CT molecular complexity index is 796. The average molecular weight is 306 g/mol. The van der Waals surface area contributed by atoms with Gasteiger partial charge < -0.3 is 5.32 Å². The zero-order valence-corrected chi connectivity index (χ0v) is 12.9. The molecule has 4 heteroatoms. The van der Waals surface area contributed by atoms with Crippen LogP contribution in [-0.4, -0.2) is 4.92 Å². The van der Waals surface area contributed by atoms with E-state index >= 15 is 0 Å². The maximum Gasteiger partial charge on any atom is 0.269 e. The lowest BCUT2D eigenvalue weighted by Crippen LogP contribution is -2.29. The fourth-order valence-electron chi connectivity index (χ4n) is 3.80. The number of nitrogens with zero attached hydrogens (tertiary/aromatic N) is 1. The molecule has 1 aliphatic carbocycles. The molecule has 0 aromatic heterocycles. The summed E-state index contributed by atoms with van der Waals surface area (Å²) in [6, 6.07) is 14.0. The molecule has 4 rings (SSSR count). The van der Waals surface area contributed by atoms with Gasteiger partial charge in [-0.25, -0.2) is 0 Å². The lowest BCUT2D eigenvalue weighted by Gasteiger charge is -2.37. The van der Waals surface area contributed by atoms with E-state index in [1.165, 1.54) is 11.1 Å². The molecule has 0 spiro atoms. The predicted molar refractivity (Wildman–Crippen MR) is 90.6 cm³/mol. The topological polar surface area (TPSA) is 55.2 Å². The van der Waals surface area contributed by atoms with Crippen molar-refractivity contribution in [2.24, 2.45) is 5.92 Å². The van der Waals surface area contributed by atoms with Crippen molar-refractivity contribution in [3.05, 3.63) is 81.4 Å². The molecular formula is C19H18N2O2. The van der Waals surface area contributed by atoms with Gasteiger partial charge in [-0.05, 0) is 36.5 Å². The van der Waals surface area contributed by atoms with E-state index in [-0.39, 0.29) is 22.6 Å². The van der Waals surface area contributed by atoms with Crippen molar-refractivity contribution in [3.63, 3.8) is 0 Å². The Morgan fingerprint density at radius 1 is 1.17 bits per heavy atom. The monoisotopic (exact) mass is 306 g/mol. The normalized spacial score (nSPS) is 24.7. The van der Waals surface area contributed by atoms with Crippen molar-refractivity contribution in [1.29, 1.82) is 0 Å². The quantitative estimate of drug-likeness (QED) is 0.496. The molecule has 0 unspecified atom stereocenters. The van der Waals surface area contributed by atoms with Gasteiger partial charge in [-0.1, -0.05) is 42.0 Å². The molecule has 1 N–H and O–H groups in total. The van der Waals surface area contributed by atoms with Crippen LogP contribution in [0.3, 0.4) is 0 Å². The van der Waals surface area contributed by atoms with Gasteiger partial charge in [0.15, 0.2) is 0 Å². The summed E-state index contributed by atoms with van der Waals surface area (Å²) in [5.74, 6) is 0.657. The Kier molecular flexibility index (Phi) is 3.18. The molecule has 4 nitrogen and oxygen atoms in total. The summed E-state index contributed by atoms with van der Waals surface area (Å²) in [7, 11) is 0. The third-order valence-corrected chi connectivity index (χ3v) is 4.99. The summed E-state index contributed by atoms with van der Waals surface area (Å²) in [4.78, 5) is 10.7. The van der Waals surface area contributed by atoms with Crippen molar-refractivity contribution in [2.75, 3.05) is 5.32 Å². The van der Waals surface area contributed by atoms with E-state index in [4.69, 9.17) is 0 Å². The largest absolute Gasteiger partial charge is 0.378 e. The molecule has 0 bridgehead atoms. The minimum Gasteiger partial charge on any atom is -0.378 e. The minimum atomic E-state index is -0.319. The Hall–Kier alpha value is -2.62. The number of nitro groups is 1. The van der Waals surface area contributed by atoms with Gasteiger partial charge in [0.05, 0.1) is 11.0 Å². The first-order valence-electron chi connectivity index (χ1n) is 7.91. The zero-order valence-electron chi connectivity index (χ0n) is 12.9. The maximum atomic E-state index is 11.1. The van der Waals surface area contributed by atoms with Crippen LogP contribution in [0.25, 0.3) is 0 Å². The molecular weight excluding hydrogens is 288 g/mol. The van der Waals surface area contributed by atoms with Crippen LogP contribution in [0, 0.1) is 23.0 Å². The molecule has 2 aromatic rings. The van der Waals surface area contributed by atoms with E-state index in [9.17, 15) is 10.1 Å². The number of allylic oxidation sites excluding steroid dienone is 2. The number of hydrogen-bond acceptors (Lipinski definition) is 3. The van der Waals surface area contributed by atoms with Gasteiger partial charge >= 0.3 is 0 Å². The van der Waals surface area contributed by atoms with Crippen molar-refractivity contribution in [2.45, 2.75) is 25.3 Å². The third kappa shape index (κ3) is 2.31. The fraction of sp³-hybridized carbons (Fsp3) is 0.263. The molecule has 116 valence electrons. The van der Waals surface area contributed by atoms with Crippen LogP contribution < -0.4 is 5.32 Å². The Morgan fingerprint density at radius 3 is 2.70 bits per heavy atom. The average Bonchev–Trinajstić information content (AvgIpc) is 3.04. The van der Waals surface area contributed by atoms with Gasteiger partial charge in [0.25, 0.3) is 5.69 Å². The molecule has 0 saturated carbocycles. The summed E-state index contributed by atoms with van der Waals surface area (Å²) in [5, 5.41) is 14.7. The van der Waals surface area contributed by atoms with Crippen LogP contribution in [0.1, 0.15) is 35.1 Å². The number of non-ortho nitro benzene ring substituents is 1. The molecule has 0 radical (unpaired) electrons. The van der Waals surface area contributed by atoms with Crippen molar-refractivity contribution < 1.29 is 4.92 Å². The second-order valence-corrected chi connectivity index (χ2v) is 6.41. The van der Waals surface area contributed by atoms with E-state index < -0.39 is 0 Å². The van der Waals surface area contributed by atoms with Crippen LogP contribution >= 0.6 is 0 Å². The highest BCUT2D eigenvalue weighted by atomic mass is 16.6. The van der Waals surface area contributed by atoms with Gasteiger partial charge in [0, 0.05) is 23.7 Å². The van der Waals surface area contributed by atoms with E-state index in [1.54, 1.807) is 12.1 Å². The summed E-state index contributed by atoms with van der Waals surface area (Å²) in [6.45, 7) is 2.09. The van der Waals surface area contributed by atoms with Crippen LogP contribution in [0.2, 0.25) is 0 Å². The number of hydrogen-bond donors (Lipinski definition) is 1. The standard InChI is InChI=1S/C19H18N2O2/c1-12-5-7-13(8-6-12)19-16-4-2-3-15(16)17-11-14(21(22)23)9-10-18(17)20-19/h2-3,5-11,15-16,19-20H,4H2,1H3/t15-,16+,19+/m0/s1. The van der Waals surface area contributed by atoms with Crippen LogP contribution in [0.5, 0.6) is 0 Å². The Morgan fingerprint density at radius 2 is 1.96 bits per heavy atom. The summed E-state index contributed by atoms with van der Waals surface area (Å²) < 4.78 is 0. The molecule has 1 aliphatic heterocycles. The Balaban J connectivity index is 1.77. The second-order valence-electron chi connectivity index (χ2n) is 6.41. The second kappa shape index (κ2) is 5.23. The highest BCUT2D eigenvalue weighted by molar-refractivity contribution is 5.62. The van der Waals surface area contributed by atoms with E-state index in [1.807, 2.05) is 6.07 Å². The summed E-state index contributed by atoms with van der Waals surface area (Å²) >= 11 is 0. The van der Waals surface area contributed by atoms with Gasteiger partial charge in [-0.2, -0.15) is 0 Å². The van der Waals surface area contributed by atoms with Crippen molar-refractivity contribution in [1.82, 2.24) is 0 Å². The van der Waals surface area contributed by atoms with E-state index in [2.05, 4.69) is 48.7 Å². The molecule has 1 heterocycles. The van der Waals surface area contributed by atoms with Gasteiger partial charge in [-0.15, -0.1) is 0 Å². The number of aryl methyl sites for hydroxylation is 1. The molecule has 23 heavy (non-hydrogen) atoms. The lowest BCUT2D eigenvalue weighted by molar-refractivity contribution is -0.384. The Labute approximate surface area is 135 Å². The number of nitro benzene ring substituents is 1. The summed E-state index contributed by atoms with van der Waals surface area (Å²) in [5.41, 5.74) is 4.74. The first kappa shape index (κ1) is 14.0. The number of benzene rings is 2. The number of nitrogens with one attached hydrogen (secondary N) is 1. The van der Waals surface area contributed by atoms with Gasteiger partial charge in [0.1, 0.15) is 0 Å². The van der Waals surface area contributed by atoms with Crippen LogP contribution in [0.4, 0.5) is 11.4 Å². The maximum absolute atomic E-state index is 11.1. The number of fused-ring (bicyclic) bond motifs is 3. The number of anilines is 1. The molecule has 2 aromatic carbocycles. The zero-order chi connectivity index (χ0) is 16.0. The predicted octanol–water partition coefficient (Wildman–Crippen LogP) is 4.73. The first-order chi connectivity index (χ1) is 11.1. The SMILES string of the molecule is Cc1ccc([C@H]2Nc3ccc([N+](=O)[O-])cc3[C@H]3C=CC[C@H]32)cc1. The van der Waals surface area contributed by atoms with Crippen LogP contribution in [0.15, 0.2) is 54.6 Å². The van der Waals surface area contributed by atoms with Crippen LogP contribution in [-0.2, 0) is 0 Å². The molecule has 0 saturated heterocycles. The van der Waals surface area contributed by atoms with Crippen molar-refractivity contribution in [3.8, 4) is 0 Å². The highest BCUT2D eigenvalue weighted by Crippen LogP contribution is 2.50. The lowest BCUT2D eigenvalue weighted by atomic mass is 9.77. The minimum absolute atomic E-state index is 0.165. The van der Waals surface area contributed by atoms with E-state index in [0.29, 0.717) is 5.92 Å². The molecule has 2 aliphatic rings. The number of rotatable bonds is 2. The third-order valence-electron chi connectivity index (χ3n) is 4.99.